The van der Waals surface area contributed by atoms with Crippen molar-refractivity contribution in [2.75, 3.05) is 45.8 Å². The average Bonchev–Trinajstić information content (AvgIpc) is 3.64. The van der Waals surface area contributed by atoms with Gasteiger partial charge in [0.05, 0.1) is 45.3 Å². The first kappa shape index (κ1) is 46.2. The molecule has 0 radical (unpaired) electrons. The van der Waals surface area contributed by atoms with Gasteiger partial charge in [0.1, 0.15) is 29.8 Å². The van der Waals surface area contributed by atoms with Crippen molar-refractivity contribution < 1.29 is 23.7 Å². The van der Waals surface area contributed by atoms with Gasteiger partial charge >= 0.3 is 5.97 Å². The van der Waals surface area contributed by atoms with Crippen LogP contribution in [0.15, 0.2) is 103 Å². The summed E-state index contributed by atoms with van der Waals surface area (Å²) in [5.41, 5.74) is 2.60. The highest BCUT2D eigenvalue weighted by Crippen LogP contribution is 2.67. The Bertz CT molecular complexity index is 1720. The molecule has 4 aliphatic rings. The Morgan fingerprint density at radius 1 is 0.689 bits per heavy atom. The van der Waals surface area contributed by atoms with Crippen LogP contribution >= 0.6 is 7.26 Å². The number of fused-ring (bicyclic) bond motifs is 5. The van der Waals surface area contributed by atoms with Gasteiger partial charge in [-0.1, -0.05) is 120 Å². The van der Waals surface area contributed by atoms with E-state index >= 15 is 0 Å². The van der Waals surface area contributed by atoms with Gasteiger partial charge in [0.2, 0.25) is 0 Å². The van der Waals surface area contributed by atoms with Gasteiger partial charge in [-0.05, 0) is 141 Å². The van der Waals surface area contributed by atoms with Crippen molar-refractivity contribution in [2.45, 2.75) is 124 Å². The van der Waals surface area contributed by atoms with Crippen LogP contribution in [-0.2, 0) is 23.7 Å². The first-order valence-corrected chi connectivity index (χ1v) is 26.3. The number of ether oxygens (including phenoxy) is 4. The first-order valence-electron chi connectivity index (χ1n) is 24.3. The molecule has 0 aromatic heterocycles. The Morgan fingerprint density at radius 3 is 1.92 bits per heavy atom. The lowest BCUT2D eigenvalue weighted by Crippen LogP contribution is -2.51. The van der Waals surface area contributed by atoms with Gasteiger partial charge in [-0.15, -0.1) is 0 Å². The number of rotatable bonds is 22. The fourth-order valence-electron chi connectivity index (χ4n) is 13.0. The monoisotopic (exact) mass is 850 g/mol. The number of allylic oxidation sites excluding steroid dienone is 1. The van der Waals surface area contributed by atoms with E-state index < -0.39 is 7.26 Å². The van der Waals surface area contributed by atoms with Crippen LogP contribution in [0.5, 0.6) is 0 Å². The van der Waals surface area contributed by atoms with E-state index in [2.05, 4.69) is 132 Å². The van der Waals surface area contributed by atoms with Crippen LogP contribution in [0.3, 0.4) is 0 Å². The summed E-state index contributed by atoms with van der Waals surface area (Å²) in [5, 5.41) is 4.00. The maximum atomic E-state index is 12.8. The van der Waals surface area contributed by atoms with Crippen molar-refractivity contribution in [2.24, 2.45) is 46.3 Å². The van der Waals surface area contributed by atoms with Gasteiger partial charge in [0.15, 0.2) is 0 Å². The number of esters is 1. The third kappa shape index (κ3) is 10.8. The zero-order valence-electron chi connectivity index (χ0n) is 38.4. The number of hydrogen-bond donors (Lipinski definition) is 0. The molecule has 3 aromatic carbocycles. The van der Waals surface area contributed by atoms with Gasteiger partial charge in [0, 0.05) is 6.42 Å². The molecule has 61 heavy (non-hydrogen) atoms. The molecule has 8 atom stereocenters. The number of carbonyl (C=O) groups excluding carboxylic acids is 1. The maximum Gasteiger partial charge on any atom is 0.306 e. The highest BCUT2D eigenvalue weighted by Gasteiger charge is 2.59. The lowest BCUT2D eigenvalue weighted by molar-refractivity contribution is -0.145. The molecule has 3 aromatic rings. The fourth-order valence-corrected chi connectivity index (χ4v) is 17.4. The van der Waals surface area contributed by atoms with E-state index in [1.165, 1.54) is 73.7 Å². The third-order valence-electron chi connectivity index (χ3n) is 16.2. The average molecular weight is 850 g/mol. The Kier molecular flexibility index (Phi) is 16.4. The van der Waals surface area contributed by atoms with E-state index in [1.807, 2.05) is 0 Å². The molecule has 0 bridgehead atoms. The molecule has 0 saturated heterocycles. The van der Waals surface area contributed by atoms with E-state index in [1.54, 1.807) is 5.57 Å². The van der Waals surface area contributed by atoms with E-state index in [4.69, 9.17) is 18.9 Å². The Balaban J connectivity index is 0.771. The van der Waals surface area contributed by atoms with Crippen molar-refractivity contribution in [1.29, 1.82) is 0 Å². The molecule has 0 amide bonds. The summed E-state index contributed by atoms with van der Waals surface area (Å²) in [6.07, 6.45) is 19.8. The molecule has 0 N–H and O–H groups in total. The van der Waals surface area contributed by atoms with E-state index in [-0.39, 0.29) is 12.6 Å². The van der Waals surface area contributed by atoms with Gasteiger partial charge < -0.3 is 18.9 Å². The highest BCUT2D eigenvalue weighted by atomic mass is 31.2. The minimum absolute atomic E-state index is 0.169. The summed E-state index contributed by atoms with van der Waals surface area (Å²) in [6.45, 7) is 15.5. The van der Waals surface area contributed by atoms with Crippen LogP contribution in [0, 0.1) is 46.3 Å². The van der Waals surface area contributed by atoms with E-state index in [0.29, 0.717) is 56.4 Å². The predicted octanol–water partition coefficient (Wildman–Crippen LogP) is 11.8. The topological polar surface area (TPSA) is 54.0 Å². The van der Waals surface area contributed by atoms with Gasteiger partial charge in [-0.2, -0.15) is 0 Å². The second-order valence-corrected chi connectivity index (χ2v) is 23.7. The van der Waals surface area contributed by atoms with Crippen molar-refractivity contribution in [3.8, 4) is 0 Å². The lowest BCUT2D eigenvalue weighted by atomic mass is 9.47. The maximum absolute atomic E-state index is 12.8. The molecule has 0 unspecified atom stereocenters. The molecule has 7 rings (SSSR count). The molecule has 0 heterocycles. The van der Waals surface area contributed by atoms with Crippen LogP contribution in [0.2, 0.25) is 0 Å². The number of carbonyl (C=O) groups is 1. The fraction of sp³-hybridized carbons (Fsp3) is 0.618. The second kappa shape index (κ2) is 21.7. The van der Waals surface area contributed by atoms with Crippen molar-refractivity contribution in [3.63, 3.8) is 0 Å². The van der Waals surface area contributed by atoms with Crippen LogP contribution in [0.4, 0.5) is 0 Å². The zero-order valence-corrected chi connectivity index (χ0v) is 39.3. The minimum atomic E-state index is -1.96. The molecule has 3 fully saturated rings. The van der Waals surface area contributed by atoms with Crippen molar-refractivity contribution in [1.82, 2.24) is 0 Å². The summed E-state index contributed by atoms with van der Waals surface area (Å²) in [6, 6.07) is 32.5. The largest absolute Gasteiger partial charge is 0.463 e. The number of benzene rings is 3. The molecular weight excluding hydrogens is 772 g/mol. The Labute approximate surface area is 370 Å². The molecule has 332 valence electrons. The smallest absolute Gasteiger partial charge is 0.306 e. The van der Waals surface area contributed by atoms with Crippen LogP contribution in [-0.4, -0.2) is 57.9 Å². The third-order valence-corrected chi connectivity index (χ3v) is 20.7. The zero-order chi connectivity index (χ0) is 42.7. The summed E-state index contributed by atoms with van der Waals surface area (Å²) in [4.78, 5) is 12.8. The van der Waals surface area contributed by atoms with E-state index in [9.17, 15) is 4.79 Å². The SMILES string of the molecule is CC(C)CCC[C@@H](C)[C@H]1CC[C@H]2[C@@H]3CC=C4C[C@@H](OCCOCCOCCOC(=O)CCC[P+](c5ccccc5)(c5ccccc5)c5ccccc5)CC[C@]4(C)[C@H]3CC[C@]12C. The molecule has 3 saturated carbocycles. The number of hydrogen-bond acceptors (Lipinski definition) is 5. The second-order valence-electron chi connectivity index (χ2n) is 20.1. The predicted molar refractivity (Wildman–Crippen MR) is 255 cm³/mol. The molecule has 5 nitrogen and oxygen atoms in total. The lowest BCUT2D eigenvalue weighted by Gasteiger charge is -2.58. The summed E-state index contributed by atoms with van der Waals surface area (Å²) >= 11 is 0. The molecule has 0 spiro atoms. The van der Waals surface area contributed by atoms with Gasteiger partial charge in [-0.3, -0.25) is 4.79 Å². The molecular formula is C55H78O5P+. The normalized spacial score (nSPS) is 27.8. The summed E-state index contributed by atoms with van der Waals surface area (Å²) in [5.74, 6) is 5.08. The van der Waals surface area contributed by atoms with Crippen molar-refractivity contribution >= 4 is 29.1 Å². The minimum Gasteiger partial charge on any atom is -0.463 e. The standard InChI is InChI=1S/C55H78O5P/c1-42(2)17-15-18-43(3)50-28-29-51-49-27-26-44-41-45(30-32-54(44,4)52(49)31-33-55(50,51)5)59-38-36-57-34-35-58-37-39-60-53(56)25-16-40-61(46-19-9-6-10-20-46,47-21-11-7-12-22-47)48-23-13-8-14-24-48/h6-14,19-24,26,42-43,45,49-52H,15-18,25,27-41H2,1-5H3/q+1/t43-,45+,49+,50-,51+,52+,54+,55-/m1/s1. The first-order chi connectivity index (χ1) is 29.6. The van der Waals surface area contributed by atoms with Crippen molar-refractivity contribution in [3.05, 3.63) is 103 Å². The Hall–Kier alpha value is -2.82. The highest BCUT2D eigenvalue weighted by molar-refractivity contribution is 7.95. The molecule has 6 heteroatoms. The van der Waals surface area contributed by atoms with Crippen LogP contribution in [0.1, 0.15) is 118 Å². The molecule has 0 aliphatic heterocycles. The molecule has 4 aliphatic carbocycles. The summed E-state index contributed by atoms with van der Waals surface area (Å²) < 4.78 is 23.7. The van der Waals surface area contributed by atoms with Gasteiger partial charge in [-0.25, -0.2) is 0 Å². The Morgan fingerprint density at radius 2 is 1.30 bits per heavy atom. The van der Waals surface area contributed by atoms with E-state index in [0.717, 1.165) is 60.9 Å². The van der Waals surface area contributed by atoms with Crippen LogP contribution in [0.25, 0.3) is 0 Å². The summed E-state index contributed by atoms with van der Waals surface area (Å²) in [7, 11) is -1.96. The van der Waals surface area contributed by atoms with Crippen LogP contribution < -0.4 is 15.9 Å². The van der Waals surface area contributed by atoms with Gasteiger partial charge in [0.25, 0.3) is 0 Å². The quantitative estimate of drug-likeness (QED) is 0.0436.